The van der Waals surface area contributed by atoms with E-state index in [2.05, 4.69) is 36.0 Å². The van der Waals surface area contributed by atoms with Gasteiger partial charge in [-0.05, 0) is 18.3 Å². The van der Waals surface area contributed by atoms with Gasteiger partial charge in [-0.15, -0.1) is 24.0 Å². The summed E-state index contributed by atoms with van der Waals surface area (Å²) < 4.78 is 10.4. The van der Waals surface area contributed by atoms with Crippen LogP contribution in [0.2, 0.25) is 0 Å². The van der Waals surface area contributed by atoms with Crippen LogP contribution in [-0.2, 0) is 14.3 Å². The highest BCUT2D eigenvalue weighted by Crippen LogP contribution is 2.21. The molecule has 0 bridgehead atoms. The maximum Gasteiger partial charge on any atom is 0.308 e. The lowest BCUT2D eigenvalue weighted by atomic mass is 9.89. The Labute approximate surface area is 157 Å². The third-order valence-electron chi connectivity index (χ3n) is 4.24. The summed E-state index contributed by atoms with van der Waals surface area (Å²) in [6.07, 6.45) is 1.72. The van der Waals surface area contributed by atoms with Gasteiger partial charge in [-0.25, -0.2) is 0 Å². The van der Waals surface area contributed by atoms with E-state index in [9.17, 15) is 4.79 Å². The van der Waals surface area contributed by atoms with Gasteiger partial charge in [0.15, 0.2) is 5.96 Å². The average molecular weight is 441 g/mol. The van der Waals surface area contributed by atoms with Crippen LogP contribution < -0.4 is 5.32 Å². The van der Waals surface area contributed by atoms with Crippen molar-refractivity contribution in [3.8, 4) is 0 Å². The van der Waals surface area contributed by atoms with Crippen LogP contribution in [-0.4, -0.2) is 63.8 Å². The fourth-order valence-corrected chi connectivity index (χ4v) is 2.75. The summed E-state index contributed by atoms with van der Waals surface area (Å²) in [6, 6.07) is 0. The number of likely N-dealkylation sites (tertiary alicyclic amines) is 1. The molecular weight excluding hydrogens is 409 g/mol. The quantitative estimate of drug-likeness (QED) is 0.314. The maximum atomic E-state index is 11.6. The number of halogens is 1. The number of ether oxygens (including phenoxy) is 2. The molecule has 0 aromatic carbocycles. The number of aliphatic imine (C=N–C) groups is 1. The van der Waals surface area contributed by atoms with Gasteiger partial charge < -0.3 is 19.7 Å². The fraction of sp³-hybridized carbons (Fsp3) is 0.875. The van der Waals surface area contributed by atoms with Crippen molar-refractivity contribution < 1.29 is 14.3 Å². The third-order valence-corrected chi connectivity index (χ3v) is 4.24. The molecule has 1 aliphatic heterocycles. The molecule has 7 heteroatoms. The van der Waals surface area contributed by atoms with Crippen molar-refractivity contribution in [3.63, 3.8) is 0 Å². The predicted octanol–water partition coefficient (Wildman–Crippen LogP) is 2.13. The largest absolute Gasteiger partial charge is 0.469 e. The zero-order chi connectivity index (χ0) is 16.8. The number of esters is 1. The molecular formula is C16H32IN3O3. The Bertz CT molecular complexity index is 389. The Hall–Kier alpha value is -0.570. The Balaban J connectivity index is 0.00000484. The van der Waals surface area contributed by atoms with Crippen molar-refractivity contribution in [1.82, 2.24) is 10.2 Å². The number of piperidine rings is 1. The van der Waals surface area contributed by atoms with E-state index in [0.717, 1.165) is 31.9 Å². The van der Waals surface area contributed by atoms with Crippen LogP contribution in [0.4, 0.5) is 0 Å². The van der Waals surface area contributed by atoms with Crippen LogP contribution >= 0.6 is 24.0 Å². The summed E-state index contributed by atoms with van der Waals surface area (Å²) in [7, 11) is 4.97. The van der Waals surface area contributed by atoms with Crippen molar-refractivity contribution in [2.24, 2.45) is 16.3 Å². The Morgan fingerprint density at radius 3 is 2.26 bits per heavy atom. The minimum atomic E-state index is -0.102. The van der Waals surface area contributed by atoms with E-state index in [1.165, 1.54) is 7.11 Å². The number of nitrogens with zero attached hydrogens (tertiary/aromatic N) is 2. The number of guanidine groups is 1. The molecule has 1 aliphatic rings. The van der Waals surface area contributed by atoms with E-state index in [0.29, 0.717) is 6.54 Å². The average Bonchev–Trinajstić information content (AvgIpc) is 2.50. The smallest absolute Gasteiger partial charge is 0.308 e. The lowest BCUT2D eigenvalue weighted by molar-refractivity contribution is -0.146. The predicted molar refractivity (Wildman–Crippen MR) is 103 cm³/mol. The van der Waals surface area contributed by atoms with Crippen molar-refractivity contribution >= 4 is 35.9 Å². The van der Waals surface area contributed by atoms with Crippen molar-refractivity contribution in [2.45, 2.75) is 39.7 Å². The van der Waals surface area contributed by atoms with Gasteiger partial charge in [-0.1, -0.05) is 20.8 Å². The number of methoxy groups -OCH3 is 2. The standard InChI is InChI=1S/C16H31N3O3.HI/c1-16(2,3)13(21-5)11-18-15(17-4)19-9-7-12(8-10-19)14(20)22-6;/h12-13H,7-11H2,1-6H3,(H,17,18);1H. The van der Waals surface area contributed by atoms with Gasteiger partial charge in [0.25, 0.3) is 0 Å². The molecule has 1 atom stereocenters. The van der Waals surface area contributed by atoms with Gasteiger partial charge in [-0.2, -0.15) is 0 Å². The summed E-state index contributed by atoms with van der Waals surface area (Å²) in [5.41, 5.74) is 0.0679. The molecule has 1 fully saturated rings. The molecule has 1 unspecified atom stereocenters. The molecule has 0 amide bonds. The molecule has 0 aromatic rings. The van der Waals surface area contributed by atoms with Crippen LogP contribution in [0.5, 0.6) is 0 Å². The van der Waals surface area contributed by atoms with E-state index in [4.69, 9.17) is 9.47 Å². The first-order valence-corrected chi connectivity index (χ1v) is 7.89. The van der Waals surface area contributed by atoms with E-state index < -0.39 is 0 Å². The lowest BCUT2D eigenvalue weighted by Crippen LogP contribution is -2.50. The van der Waals surface area contributed by atoms with Crippen LogP contribution in [0.3, 0.4) is 0 Å². The van der Waals surface area contributed by atoms with E-state index in [1.54, 1.807) is 14.2 Å². The maximum absolute atomic E-state index is 11.6. The summed E-state index contributed by atoms with van der Waals surface area (Å²) in [5, 5.41) is 3.39. The Kier molecular flexibility index (Phi) is 10.1. The SMILES string of the molecule is CN=C(NCC(OC)C(C)(C)C)N1CCC(C(=O)OC)CC1.I. The van der Waals surface area contributed by atoms with Gasteiger partial charge in [0.05, 0.1) is 19.1 Å². The Morgan fingerprint density at radius 1 is 1.30 bits per heavy atom. The minimum absolute atomic E-state index is 0. The highest BCUT2D eigenvalue weighted by molar-refractivity contribution is 14.0. The first-order valence-electron chi connectivity index (χ1n) is 7.89. The van der Waals surface area contributed by atoms with E-state index in [-0.39, 0.29) is 47.4 Å². The van der Waals surface area contributed by atoms with Gasteiger partial charge in [0.1, 0.15) is 0 Å². The molecule has 0 spiro atoms. The van der Waals surface area contributed by atoms with Gasteiger partial charge >= 0.3 is 5.97 Å². The molecule has 6 nitrogen and oxygen atoms in total. The molecule has 1 rings (SSSR count). The first kappa shape index (κ1) is 22.4. The van der Waals surface area contributed by atoms with Crippen molar-refractivity contribution in [2.75, 3.05) is 40.9 Å². The van der Waals surface area contributed by atoms with Gasteiger partial charge in [-0.3, -0.25) is 9.79 Å². The molecule has 1 N–H and O–H groups in total. The molecule has 136 valence electrons. The third kappa shape index (κ3) is 6.82. The van der Waals surface area contributed by atoms with Crippen LogP contribution in [0.1, 0.15) is 33.6 Å². The van der Waals surface area contributed by atoms with Gasteiger partial charge in [0, 0.05) is 33.8 Å². The number of carbonyl (C=O) groups excluding carboxylic acids is 1. The molecule has 0 saturated carbocycles. The molecule has 1 saturated heterocycles. The topological polar surface area (TPSA) is 63.2 Å². The van der Waals surface area contributed by atoms with E-state index in [1.807, 2.05) is 0 Å². The van der Waals surface area contributed by atoms with Crippen LogP contribution in [0, 0.1) is 11.3 Å². The van der Waals surface area contributed by atoms with Gasteiger partial charge in [0.2, 0.25) is 0 Å². The van der Waals surface area contributed by atoms with Crippen LogP contribution in [0.15, 0.2) is 4.99 Å². The normalized spacial score (nSPS) is 18.2. The molecule has 0 radical (unpaired) electrons. The molecule has 0 aromatic heterocycles. The monoisotopic (exact) mass is 441 g/mol. The fourth-order valence-electron chi connectivity index (χ4n) is 2.75. The second-order valence-corrected chi connectivity index (χ2v) is 6.80. The highest BCUT2D eigenvalue weighted by Gasteiger charge is 2.28. The summed E-state index contributed by atoms with van der Waals surface area (Å²) >= 11 is 0. The summed E-state index contributed by atoms with van der Waals surface area (Å²) in [4.78, 5) is 18.1. The Morgan fingerprint density at radius 2 is 1.87 bits per heavy atom. The molecule has 1 heterocycles. The summed E-state index contributed by atoms with van der Waals surface area (Å²) in [5.74, 6) is 0.782. The number of rotatable bonds is 4. The summed E-state index contributed by atoms with van der Waals surface area (Å²) in [6.45, 7) is 8.82. The lowest BCUT2D eigenvalue weighted by Gasteiger charge is -2.35. The second-order valence-electron chi connectivity index (χ2n) is 6.80. The molecule has 0 aliphatic carbocycles. The van der Waals surface area contributed by atoms with Crippen LogP contribution in [0.25, 0.3) is 0 Å². The second kappa shape index (κ2) is 10.3. The van der Waals surface area contributed by atoms with Crippen molar-refractivity contribution in [1.29, 1.82) is 0 Å². The number of nitrogens with one attached hydrogen (secondary N) is 1. The minimum Gasteiger partial charge on any atom is -0.469 e. The van der Waals surface area contributed by atoms with E-state index >= 15 is 0 Å². The first-order chi connectivity index (χ1) is 10.3. The number of hydrogen-bond acceptors (Lipinski definition) is 4. The van der Waals surface area contributed by atoms with Crippen molar-refractivity contribution in [3.05, 3.63) is 0 Å². The highest BCUT2D eigenvalue weighted by atomic mass is 127. The number of hydrogen-bond donors (Lipinski definition) is 1. The molecule has 23 heavy (non-hydrogen) atoms. The zero-order valence-electron chi connectivity index (χ0n) is 15.2. The number of carbonyl (C=O) groups is 1. The zero-order valence-corrected chi connectivity index (χ0v) is 17.5.